The van der Waals surface area contributed by atoms with Gasteiger partial charge in [0, 0.05) is 38.4 Å². The second-order valence-corrected chi connectivity index (χ2v) is 5.27. The van der Waals surface area contributed by atoms with Crippen molar-refractivity contribution >= 4 is 5.96 Å². The maximum atomic E-state index is 5.27. The summed E-state index contributed by atoms with van der Waals surface area (Å²) in [7, 11) is 3.48. The van der Waals surface area contributed by atoms with Crippen molar-refractivity contribution < 1.29 is 4.74 Å². The van der Waals surface area contributed by atoms with Gasteiger partial charge in [0.25, 0.3) is 0 Å². The zero-order chi connectivity index (χ0) is 14.4. The van der Waals surface area contributed by atoms with Crippen molar-refractivity contribution in [3.8, 4) is 5.88 Å². The molecule has 1 saturated heterocycles. The van der Waals surface area contributed by atoms with Gasteiger partial charge in [-0.1, -0.05) is 13.0 Å². The number of rotatable bonds is 3. The lowest BCUT2D eigenvalue weighted by atomic mass is 10.0. The fourth-order valence-electron chi connectivity index (χ4n) is 2.63. The summed E-state index contributed by atoms with van der Waals surface area (Å²) in [5, 5.41) is 3.41. The highest BCUT2D eigenvalue weighted by molar-refractivity contribution is 5.80. The number of pyridine rings is 1. The molecule has 5 heteroatoms. The van der Waals surface area contributed by atoms with E-state index in [9.17, 15) is 0 Å². The molecule has 110 valence electrons. The topological polar surface area (TPSA) is 49.8 Å². The fourth-order valence-corrected chi connectivity index (χ4v) is 2.63. The van der Waals surface area contributed by atoms with Gasteiger partial charge < -0.3 is 15.0 Å². The van der Waals surface area contributed by atoms with Crippen LogP contribution in [0.15, 0.2) is 23.3 Å². The third kappa shape index (κ3) is 3.62. The Morgan fingerprint density at radius 2 is 2.45 bits per heavy atom. The van der Waals surface area contributed by atoms with Crippen LogP contribution in [0.4, 0.5) is 0 Å². The van der Waals surface area contributed by atoms with Crippen molar-refractivity contribution in [1.29, 1.82) is 0 Å². The van der Waals surface area contributed by atoms with Crippen LogP contribution in [0.25, 0.3) is 0 Å². The molecule has 0 saturated carbocycles. The Hall–Kier alpha value is -1.78. The molecule has 0 amide bonds. The highest BCUT2D eigenvalue weighted by Gasteiger charge is 2.19. The summed E-state index contributed by atoms with van der Waals surface area (Å²) in [6, 6.07) is 3.94. The summed E-state index contributed by atoms with van der Waals surface area (Å²) >= 11 is 0. The van der Waals surface area contributed by atoms with Crippen molar-refractivity contribution in [1.82, 2.24) is 15.2 Å². The molecule has 0 bridgehead atoms. The number of hydrogen-bond donors (Lipinski definition) is 1. The van der Waals surface area contributed by atoms with Crippen LogP contribution >= 0.6 is 0 Å². The lowest BCUT2D eigenvalue weighted by Crippen LogP contribution is -2.45. The Bertz CT molecular complexity index is 461. The van der Waals surface area contributed by atoms with E-state index >= 15 is 0 Å². The highest BCUT2D eigenvalue weighted by Crippen LogP contribution is 2.16. The number of aromatic nitrogens is 1. The van der Waals surface area contributed by atoms with Crippen LogP contribution in [0.2, 0.25) is 0 Å². The van der Waals surface area contributed by atoms with Crippen molar-refractivity contribution in [2.45, 2.75) is 26.3 Å². The Morgan fingerprint density at radius 3 is 3.15 bits per heavy atom. The first-order valence-corrected chi connectivity index (χ1v) is 7.18. The minimum Gasteiger partial charge on any atom is -0.481 e. The number of likely N-dealkylation sites (tertiary alicyclic amines) is 1. The number of aliphatic imine (C=N–C) groups is 1. The van der Waals surface area contributed by atoms with Crippen LogP contribution < -0.4 is 10.1 Å². The molecule has 1 aliphatic rings. The number of piperidine rings is 1. The van der Waals surface area contributed by atoms with Crippen LogP contribution in [0.3, 0.4) is 0 Å². The smallest absolute Gasteiger partial charge is 0.218 e. The van der Waals surface area contributed by atoms with Crippen LogP contribution in [0.5, 0.6) is 5.88 Å². The maximum Gasteiger partial charge on any atom is 0.218 e. The van der Waals surface area contributed by atoms with Gasteiger partial charge in [0.1, 0.15) is 0 Å². The molecule has 0 aromatic carbocycles. The number of nitrogens with zero attached hydrogens (tertiary/aromatic N) is 3. The van der Waals surface area contributed by atoms with E-state index in [0.717, 1.165) is 30.5 Å². The minimum atomic E-state index is 0.669. The van der Waals surface area contributed by atoms with Crippen molar-refractivity contribution in [2.24, 2.45) is 10.9 Å². The number of nitrogens with one attached hydrogen (secondary N) is 1. The first-order valence-electron chi connectivity index (χ1n) is 7.18. The Kier molecular flexibility index (Phi) is 5.21. The number of hydrogen-bond acceptors (Lipinski definition) is 3. The number of guanidine groups is 1. The second-order valence-electron chi connectivity index (χ2n) is 5.27. The summed E-state index contributed by atoms with van der Waals surface area (Å²) in [5.74, 6) is 2.36. The molecule has 1 aliphatic heterocycles. The van der Waals surface area contributed by atoms with Crippen molar-refractivity contribution in [3.05, 3.63) is 23.9 Å². The first kappa shape index (κ1) is 14.6. The second kappa shape index (κ2) is 7.12. The van der Waals surface area contributed by atoms with Gasteiger partial charge in [-0.3, -0.25) is 4.99 Å². The molecule has 20 heavy (non-hydrogen) atoms. The molecule has 5 nitrogen and oxygen atoms in total. The van der Waals surface area contributed by atoms with Gasteiger partial charge in [-0.05, 0) is 24.8 Å². The van der Waals surface area contributed by atoms with Crippen LogP contribution in [0, 0.1) is 5.92 Å². The Labute approximate surface area is 121 Å². The average Bonchev–Trinajstić information content (AvgIpc) is 2.48. The predicted octanol–water partition coefficient (Wildman–Crippen LogP) is 1.90. The third-order valence-corrected chi connectivity index (χ3v) is 3.65. The molecule has 1 unspecified atom stereocenters. The molecule has 0 radical (unpaired) electrons. The van der Waals surface area contributed by atoms with Crippen molar-refractivity contribution in [3.63, 3.8) is 0 Å². The molecular formula is C15H24N4O. The lowest BCUT2D eigenvalue weighted by molar-refractivity contribution is 0.266. The molecule has 1 aromatic rings. The number of ether oxygens (including phenoxy) is 1. The number of methoxy groups -OCH3 is 1. The SMILES string of the molecule is CN=C(NCc1cccnc1OC)N1CCCC(C)C1. The molecule has 1 aromatic heterocycles. The van der Waals surface area contributed by atoms with E-state index in [-0.39, 0.29) is 0 Å². The summed E-state index contributed by atoms with van der Waals surface area (Å²) < 4.78 is 5.27. The van der Waals surface area contributed by atoms with E-state index in [1.165, 1.54) is 12.8 Å². The van der Waals surface area contributed by atoms with Crippen LogP contribution in [-0.4, -0.2) is 43.1 Å². The Morgan fingerprint density at radius 1 is 1.60 bits per heavy atom. The molecule has 1 atom stereocenters. The van der Waals surface area contributed by atoms with E-state index in [1.807, 2.05) is 19.2 Å². The zero-order valence-corrected chi connectivity index (χ0v) is 12.6. The molecule has 1 fully saturated rings. The van der Waals surface area contributed by atoms with E-state index in [0.29, 0.717) is 12.4 Å². The van der Waals surface area contributed by atoms with Crippen molar-refractivity contribution in [2.75, 3.05) is 27.2 Å². The average molecular weight is 276 g/mol. The molecular weight excluding hydrogens is 252 g/mol. The minimum absolute atomic E-state index is 0.669. The Balaban J connectivity index is 1.97. The first-order chi connectivity index (χ1) is 9.74. The van der Waals surface area contributed by atoms with Crippen LogP contribution in [0.1, 0.15) is 25.3 Å². The van der Waals surface area contributed by atoms with E-state index in [1.54, 1.807) is 13.3 Å². The summed E-state index contributed by atoms with van der Waals surface area (Å²) in [6.07, 6.45) is 4.28. The quantitative estimate of drug-likeness (QED) is 0.676. The molecule has 0 spiro atoms. The van der Waals surface area contributed by atoms with E-state index in [4.69, 9.17) is 4.74 Å². The van der Waals surface area contributed by atoms with E-state index < -0.39 is 0 Å². The zero-order valence-electron chi connectivity index (χ0n) is 12.6. The normalized spacial score (nSPS) is 19.9. The summed E-state index contributed by atoms with van der Waals surface area (Å²) in [6.45, 7) is 5.12. The van der Waals surface area contributed by atoms with E-state index in [2.05, 4.69) is 27.1 Å². The third-order valence-electron chi connectivity index (χ3n) is 3.65. The van der Waals surface area contributed by atoms with Gasteiger partial charge in [-0.15, -0.1) is 0 Å². The van der Waals surface area contributed by atoms with Gasteiger partial charge in [0.05, 0.1) is 7.11 Å². The standard InChI is InChI=1S/C15H24N4O/c1-12-6-5-9-19(11-12)15(16-2)18-10-13-7-4-8-17-14(13)20-3/h4,7-8,12H,5-6,9-11H2,1-3H3,(H,16,18). The maximum absolute atomic E-state index is 5.27. The summed E-state index contributed by atoms with van der Waals surface area (Å²) in [5.41, 5.74) is 1.04. The van der Waals surface area contributed by atoms with Gasteiger partial charge in [-0.2, -0.15) is 0 Å². The summed E-state index contributed by atoms with van der Waals surface area (Å²) in [4.78, 5) is 10.9. The largest absolute Gasteiger partial charge is 0.481 e. The molecule has 2 rings (SSSR count). The monoisotopic (exact) mass is 276 g/mol. The van der Waals surface area contributed by atoms with Gasteiger partial charge in [0.15, 0.2) is 5.96 Å². The molecule has 0 aliphatic carbocycles. The predicted molar refractivity (Wildman–Crippen MR) is 81.0 cm³/mol. The van der Waals surface area contributed by atoms with Gasteiger partial charge >= 0.3 is 0 Å². The van der Waals surface area contributed by atoms with Gasteiger partial charge in [0.2, 0.25) is 5.88 Å². The van der Waals surface area contributed by atoms with Gasteiger partial charge in [-0.25, -0.2) is 4.98 Å². The fraction of sp³-hybridized carbons (Fsp3) is 0.600. The molecule has 1 N–H and O–H groups in total. The highest BCUT2D eigenvalue weighted by atomic mass is 16.5. The molecule has 2 heterocycles. The lowest BCUT2D eigenvalue weighted by Gasteiger charge is -2.33. The van der Waals surface area contributed by atoms with Crippen LogP contribution in [-0.2, 0) is 6.54 Å².